The van der Waals surface area contributed by atoms with Crippen LogP contribution in [0.25, 0.3) is 0 Å². The van der Waals surface area contributed by atoms with Gasteiger partial charge in [-0.25, -0.2) is 17.6 Å². The van der Waals surface area contributed by atoms with Crippen LogP contribution in [-0.4, -0.2) is 12.7 Å². The predicted molar refractivity (Wildman–Crippen MR) is 109 cm³/mol. The zero-order valence-electron chi connectivity index (χ0n) is 18.5. The van der Waals surface area contributed by atoms with Crippen molar-refractivity contribution in [3.8, 4) is 11.5 Å². The molecule has 1 heterocycles. The number of benzene rings is 2. The first-order chi connectivity index (χ1) is 16.5. The zero-order chi connectivity index (χ0) is 25.8. The molecule has 192 valence electrons. The molecule has 0 aromatic heterocycles. The normalized spacial score (nSPS) is 18.3. The summed E-state index contributed by atoms with van der Waals surface area (Å²) >= 11 is 0. The molecule has 2 aromatic rings. The summed E-state index contributed by atoms with van der Waals surface area (Å²) in [6.45, 7) is 2.66. The number of halogens is 8. The number of hydrogen-bond donors (Lipinski definition) is 0. The van der Waals surface area contributed by atoms with Gasteiger partial charge < -0.3 is 14.2 Å². The van der Waals surface area contributed by atoms with Crippen LogP contribution >= 0.6 is 0 Å². The van der Waals surface area contributed by atoms with Gasteiger partial charge in [0.15, 0.2) is 23.6 Å². The van der Waals surface area contributed by atoms with Crippen molar-refractivity contribution in [3.05, 3.63) is 71.0 Å². The summed E-state index contributed by atoms with van der Waals surface area (Å²) in [5.74, 6) is -8.50. The third-order valence-corrected chi connectivity index (χ3v) is 5.67. The van der Waals surface area contributed by atoms with Crippen LogP contribution in [0.4, 0.5) is 35.1 Å². The van der Waals surface area contributed by atoms with Crippen LogP contribution in [-0.2, 0) is 17.3 Å². The topological polar surface area (TPSA) is 27.7 Å². The Bertz CT molecular complexity index is 1010. The van der Waals surface area contributed by atoms with Gasteiger partial charge in [0.2, 0.25) is 0 Å². The fourth-order valence-electron chi connectivity index (χ4n) is 3.80. The number of alkyl halides is 2. The van der Waals surface area contributed by atoms with Crippen LogP contribution in [0.5, 0.6) is 11.5 Å². The molecule has 2 atom stereocenters. The molecule has 0 bridgehead atoms. The summed E-state index contributed by atoms with van der Waals surface area (Å²) in [4.78, 5) is 0. The van der Waals surface area contributed by atoms with Crippen molar-refractivity contribution in [3.63, 3.8) is 0 Å². The van der Waals surface area contributed by atoms with E-state index in [0.29, 0.717) is 18.9 Å². The second-order valence-corrected chi connectivity index (χ2v) is 8.14. The van der Waals surface area contributed by atoms with E-state index in [-0.39, 0.29) is 36.5 Å². The van der Waals surface area contributed by atoms with E-state index in [0.717, 1.165) is 31.4 Å². The first-order valence-electron chi connectivity index (χ1n) is 10.8. The van der Waals surface area contributed by atoms with E-state index in [1.165, 1.54) is 0 Å². The predicted octanol–water partition coefficient (Wildman–Crippen LogP) is 7.63. The molecular formula is C24H22F8O3. The highest BCUT2D eigenvalue weighted by Crippen LogP contribution is 2.37. The Hall–Kier alpha value is -2.82. The molecule has 3 nitrogen and oxygen atoms in total. The molecule has 2 unspecified atom stereocenters. The lowest BCUT2D eigenvalue weighted by Crippen LogP contribution is -2.26. The Balaban J connectivity index is 1.72. The molecular weight excluding hydrogens is 488 g/mol. The number of rotatable bonds is 9. The maximum atomic E-state index is 14.6. The van der Waals surface area contributed by atoms with Crippen molar-refractivity contribution in [2.75, 3.05) is 6.61 Å². The Morgan fingerprint density at radius 3 is 2.14 bits per heavy atom. The lowest BCUT2D eigenvalue weighted by atomic mass is 9.93. The smallest absolute Gasteiger partial charge is 0.432 e. The van der Waals surface area contributed by atoms with Crippen LogP contribution < -0.4 is 9.47 Å². The second-order valence-electron chi connectivity index (χ2n) is 8.14. The summed E-state index contributed by atoms with van der Waals surface area (Å²) < 4.78 is 124. The van der Waals surface area contributed by atoms with E-state index in [4.69, 9.17) is 4.74 Å². The van der Waals surface area contributed by atoms with E-state index in [1.807, 2.05) is 0 Å². The summed E-state index contributed by atoms with van der Waals surface area (Å²) in [5, 5.41) is 0. The van der Waals surface area contributed by atoms with Gasteiger partial charge in [0.05, 0.1) is 6.10 Å². The largest absolute Gasteiger partial charge is 0.453 e. The highest BCUT2D eigenvalue weighted by molar-refractivity contribution is 5.36. The first kappa shape index (κ1) is 26.8. The maximum Gasteiger partial charge on any atom is 0.432 e. The molecule has 0 spiro atoms. The Kier molecular flexibility index (Phi) is 8.63. The summed E-state index contributed by atoms with van der Waals surface area (Å²) in [6, 6.07) is 1.88. The SMILES string of the molecule is CCC1CCC(CCc2cc(F)c(C(F)(F)Oc3cc(F)c(OC=C(F)F)c(F)c3)c(F)c2)OC1. The van der Waals surface area contributed by atoms with Gasteiger partial charge in [0.1, 0.15) is 22.9 Å². The minimum absolute atomic E-state index is 0.0954. The lowest BCUT2D eigenvalue weighted by molar-refractivity contribution is -0.189. The third kappa shape index (κ3) is 6.87. The zero-order valence-corrected chi connectivity index (χ0v) is 18.5. The lowest BCUT2D eigenvalue weighted by Gasteiger charge is -2.28. The Labute approximate surface area is 196 Å². The Morgan fingerprint density at radius 2 is 1.63 bits per heavy atom. The van der Waals surface area contributed by atoms with Crippen molar-refractivity contribution in [2.45, 2.75) is 51.2 Å². The molecule has 1 aliphatic rings. The van der Waals surface area contributed by atoms with E-state index in [2.05, 4.69) is 16.4 Å². The van der Waals surface area contributed by atoms with Gasteiger partial charge in [0.25, 0.3) is 0 Å². The van der Waals surface area contributed by atoms with Crippen LogP contribution in [0.2, 0.25) is 0 Å². The molecule has 1 saturated heterocycles. The minimum Gasteiger partial charge on any atom is -0.453 e. The van der Waals surface area contributed by atoms with Crippen LogP contribution in [0.3, 0.4) is 0 Å². The molecule has 2 aromatic carbocycles. The maximum absolute atomic E-state index is 14.6. The van der Waals surface area contributed by atoms with Gasteiger partial charge in [-0.3, -0.25) is 0 Å². The van der Waals surface area contributed by atoms with E-state index < -0.39 is 52.5 Å². The third-order valence-electron chi connectivity index (χ3n) is 5.67. The first-order valence-corrected chi connectivity index (χ1v) is 10.8. The molecule has 0 radical (unpaired) electrons. The van der Waals surface area contributed by atoms with E-state index in [1.54, 1.807) is 0 Å². The molecule has 0 amide bonds. The average molecular weight is 510 g/mol. The minimum atomic E-state index is -4.65. The van der Waals surface area contributed by atoms with Crippen molar-refractivity contribution in [2.24, 2.45) is 5.92 Å². The fraction of sp³-hybridized carbons (Fsp3) is 0.417. The number of ether oxygens (including phenoxy) is 3. The monoisotopic (exact) mass is 510 g/mol. The van der Waals surface area contributed by atoms with Crippen LogP contribution in [0.1, 0.15) is 43.7 Å². The summed E-state index contributed by atoms with van der Waals surface area (Å²) in [5.41, 5.74) is -1.61. The van der Waals surface area contributed by atoms with Crippen molar-refractivity contribution in [1.29, 1.82) is 0 Å². The molecule has 11 heteroatoms. The number of hydrogen-bond acceptors (Lipinski definition) is 3. The highest BCUT2D eigenvalue weighted by atomic mass is 19.3. The van der Waals surface area contributed by atoms with Crippen molar-refractivity contribution < 1.29 is 49.3 Å². The number of aryl methyl sites for hydroxylation is 1. The highest BCUT2D eigenvalue weighted by Gasteiger charge is 2.41. The molecule has 0 saturated carbocycles. The molecule has 1 fully saturated rings. The van der Waals surface area contributed by atoms with Gasteiger partial charge in [-0.15, -0.1) is 0 Å². The Morgan fingerprint density at radius 1 is 1.00 bits per heavy atom. The molecule has 35 heavy (non-hydrogen) atoms. The van der Waals surface area contributed by atoms with Gasteiger partial charge in [-0.05, 0) is 49.3 Å². The molecule has 1 aliphatic heterocycles. The standard InChI is InChI=1S/C24H22F8O3/c1-2-13-3-5-15(33-11-13)6-4-14-7-17(25)22(18(26)8-14)24(31,32)35-16-9-19(27)23(20(28)10-16)34-12-21(29)30/h7-10,12-13,15H,2-6,11H2,1H3. The van der Waals surface area contributed by atoms with Gasteiger partial charge in [-0.1, -0.05) is 13.3 Å². The molecule has 3 rings (SSSR count). The second kappa shape index (κ2) is 11.3. The van der Waals surface area contributed by atoms with Gasteiger partial charge in [-0.2, -0.15) is 17.6 Å². The van der Waals surface area contributed by atoms with Gasteiger partial charge in [0, 0.05) is 18.7 Å². The van der Waals surface area contributed by atoms with Crippen molar-refractivity contribution >= 4 is 0 Å². The van der Waals surface area contributed by atoms with Gasteiger partial charge >= 0.3 is 12.2 Å². The average Bonchev–Trinajstić information content (AvgIpc) is 2.76. The molecule has 0 N–H and O–H groups in total. The van der Waals surface area contributed by atoms with Crippen LogP contribution in [0.15, 0.2) is 36.6 Å². The molecule has 0 aliphatic carbocycles. The fourth-order valence-corrected chi connectivity index (χ4v) is 3.80. The summed E-state index contributed by atoms with van der Waals surface area (Å²) in [7, 11) is 0. The van der Waals surface area contributed by atoms with Crippen LogP contribution in [0, 0.1) is 29.2 Å². The van der Waals surface area contributed by atoms with E-state index >= 15 is 0 Å². The van der Waals surface area contributed by atoms with E-state index in [9.17, 15) is 35.1 Å². The summed E-state index contributed by atoms with van der Waals surface area (Å²) in [6.07, 6.45) is -4.00. The van der Waals surface area contributed by atoms with Crippen molar-refractivity contribution in [1.82, 2.24) is 0 Å². The quantitative estimate of drug-likeness (QED) is 0.257.